The van der Waals surface area contributed by atoms with E-state index in [1.807, 2.05) is 18.5 Å². The largest absolute Gasteiger partial charge is 0.346 e. The first kappa shape index (κ1) is 13.8. The van der Waals surface area contributed by atoms with Crippen molar-refractivity contribution in [3.63, 3.8) is 0 Å². The van der Waals surface area contributed by atoms with Gasteiger partial charge in [-0.05, 0) is 29.8 Å². The molecule has 2 aromatic rings. The van der Waals surface area contributed by atoms with E-state index in [4.69, 9.17) is 0 Å². The topological polar surface area (TPSA) is 64.7 Å². The fraction of sp³-hybridized carbons (Fsp3) is 0.417. The van der Waals surface area contributed by atoms with Crippen molar-refractivity contribution in [3.8, 4) is 0 Å². The summed E-state index contributed by atoms with van der Waals surface area (Å²) in [6, 6.07) is 0. The summed E-state index contributed by atoms with van der Waals surface area (Å²) in [5.74, 6) is -0.198. The standard InChI is InChI=1S/C12H16BrN5O/c1-4-18-8(2)9(6-15-18)5-14-12(19)11-10(13)7-17(3)16-11/h6-7H,4-5H2,1-3H3,(H,14,19). The van der Waals surface area contributed by atoms with E-state index in [0.717, 1.165) is 17.8 Å². The van der Waals surface area contributed by atoms with Gasteiger partial charge in [-0.2, -0.15) is 10.2 Å². The van der Waals surface area contributed by atoms with Crippen molar-refractivity contribution in [1.82, 2.24) is 24.9 Å². The number of halogens is 1. The fourth-order valence-electron chi connectivity index (χ4n) is 1.85. The SMILES string of the molecule is CCn1ncc(CNC(=O)c2nn(C)cc2Br)c1C. The van der Waals surface area contributed by atoms with Crippen LogP contribution in [0.3, 0.4) is 0 Å². The minimum atomic E-state index is -0.198. The van der Waals surface area contributed by atoms with Crippen molar-refractivity contribution in [2.75, 3.05) is 0 Å². The van der Waals surface area contributed by atoms with E-state index in [2.05, 4.69) is 31.4 Å². The molecule has 1 N–H and O–H groups in total. The Balaban J connectivity index is 2.04. The molecular formula is C12H16BrN5O. The highest BCUT2D eigenvalue weighted by Crippen LogP contribution is 2.14. The van der Waals surface area contributed by atoms with Gasteiger partial charge in [0.05, 0.1) is 10.7 Å². The summed E-state index contributed by atoms with van der Waals surface area (Å²) >= 11 is 3.31. The maximum Gasteiger partial charge on any atom is 0.273 e. The molecule has 2 rings (SSSR count). The lowest BCUT2D eigenvalue weighted by Gasteiger charge is -2.04. The first-order chi connectivity index (χ1) is 9.02. The molecule has 0 aliphatic rings. The fourth-order valence-corrected chi connectivity index (χ4v) is 2.41. The molecule has 0 unspecified atom stereocenters. The van der Waals surface area contributed by atoms with Crippen LogP contribution in [0, 0.1) is 6.92 Å². The highest BCUT2D eigenvalue weighted by molar-refractivity contribution is 9.10. The predicted molar refractivity (Wildman–Crippen MR) is 74.7 cm³/mol. The van der Waals surface area contributed by atoms with Gasteiger partial charge in [0, 0.05) is 37.6 Å². The molecule has 0 bridgehead atoms. The molecule has 19 heavy (non-hydrogen) atoms. The number of hydrogen-bond acceptors (Lipinski definition) is 3. The highest BCUT2D eigenvalue weighted by Gasteiger charge is 2.14. The molecule has 0 aliphatic heterocycles. The quantitative estimate of drug-likeness (QED) is 0.929. The van der Waals surface area contributed by atoms with Gasteiger partial charge >= 0.3 is 0 Å². The van der Waals surface area contributed by atoms with Gasteiger partial charge in [0.2, 0.25) is 0 Å². The molecule has 1 amide bonds. The number of nitrogens with zero attached hydrogens (tertiary/aromatic N) is 4. The van der Waals surface area contributed by atoms with Crippen LogP contribution in [0.4, 0.5) is 0 Å². The van der Waals surface area contributed by atoms with E-state index in [9.17, 15) is 4.79 Å². The maximum atomic E-state index is 12.0. The van der Waals surface area contributed by atoms with Gasteiger partial charge in [-0.1, -0.05) is 0 Å². The molecule has 6 nitrogen and oxygen atoms in total. The third-order valence-electron chi connectivity index (χ3n) is 2.94. The number of carbonyl (C=O) groups is 1. The summed E-state index contributed by atoms with van der Waals surface area (Å²) in [5, 5.41) is 11.2. The smallest absolute Gasteiger partial charge is 0.273 e. The summed E-state index contributed by atoms with van der Waals surface area (Å²) in [6.45, 7) is 5.31. The predicted octanol–water partition coefficient (Wildman–Crippen LogP) is 1.64. The Hall–Kier alpha value is -1.63. The average Bonchev–Trinajstić information content (AvgIpc) is 2.89. The number of rotatable bonds is 4. The zero-order valence-electron chi connectivity index (χ0n) is 11.1. The minimum Gasteiger partial charge on any atom is -0.346 e. The van der Waals surface area contributed by atoms with Crippen molar-refractivity contribution >= 4 is 21.8 Å². The van der Waals surface area contributed by atoms with Gasteiger partial charge in [0.1, 0.15) is 0 Å². The minimum absolute atomic E-state index is 0.198. The number of amides is 1. The highest BCUT2D eigenvalue weighted by atomic mass is 79.9. The monoisotopic (exact) mass is 325 g/mol. The number of hydrogen-bond donors (Lipinski definition) is 1. The Bertz CT molecular complexity index is 601. The van der Waals surface area contributed by atoms with Gasteiger partial charge < -0.3 is 5.32 Å². The molecule has 102 valence electrons. The number of aromatic nitrogens is 4. The second-order valence-corrected chi connectivity index (χ2v) is 5.11. The third kappa shape index (κ3) is 2.86. The van der Waals surface area contributed by atoms with E-state index >= 15 is 0 Å². The van der Waals surface area contributed by atoms with Crippen LogP contribution >= 0.6 is 15.9 Å². The third-order valence-corrected chi connectivity index (χ3v) is 3.52. The molecule has 2 heterocycles. The second kappa shape index (κ2) is 5.56. The van der Waals surface area contributed by atoms with Crippen molar-refractivity contribution in [3.05, 3.63) is 33.8 Å². The van der Waals surface area contributed by atoms with Crippen LogP contribution in [-0.2, 0) is 20.1 Å². The van der Waals surface area contributed by atoms with Gasteiger partial charge in [0.15, 0.2) is 5.69 Å². The summed E-state index contributed by atoms with van der Waals surface area (Å²) in [4.78, 5) is 12.0. The van der Waals surface area contributed by atoms with Gasteiger partial charge in [-0.25, -0.2) is 0 Å². The van der Waals surface area contributed by atoms with E-state index in [0.29, 0.717) is 16.7 Å². The second-order valence-electron chi connectivity index (χ2n) is 4.25. The first-order valence-corrected chi connectivity index (χ1v) is 6.80. The van der Waals surface area contributed by atoms with Gasteiger partial charge in [-0.15, -0.1) is 0 Å². The summed E-state index contributed by atoms with van der Waals surface area (Å²) in [5.41, 5.74) is 2.48. The van der Waals surface area contributed by atoms with Gasteiger partial charge in [0.25, 0.3) is 5.91 Å². The molecule has 2 aromatic heterocycles. The molecule has 0 saturated heterocycles. The van der Waals surface area contributed by atoms with Crippen LogP contribution in [0.5, 0.6) is 0 Å². The number of carbonyl (C=O) groups excluding carboxylic acids is 1. The normalized spacial score (nSPS) is 10.7. The summed E-state index contributed by atoms with van der Waals surface area (Å²) in [6.07, 6.45) is 3.53. The molecule has 0 atom stereocenters. The molecule has 0 fully saturated rings. The summed E-state index contributed by atoms with van der Waals surface area (Å²) in [7, 11) is 1.77. The van der Waals surface area contributed by atoms with Crippen LogP contribution in [0.25, 0.3) is 0 Å². The molecule has 0 saturated carbocycles. The lowest BCUT2D eigenvalue weighted by molar-refractivity contribution is 0.0944. The lowest BCUT2D eigenvalue weighted by atomic mass is 10.2. The Morgan fingerprint density at radius 3 is 2.79 bits per heavy atom. The molecule has 0 aliphatic carbocycles. The number of aryl methyl sites for hydroxylation is 2. The van der Waals surface area contributed by atoms with Crippen LogP contribution in [0.15, 0.2) is 16.9 Å². The molecule has 0 spiro atoms. The van der Waals surface area contributed by atoms with E-state index in [-0.39, 0.29) is 5.91 Å². The summed E-state index contributed by atoms with van der Waals surface area (Å²) < 4.78 is 4.19. The van der Waals surface area contributed by atoms with Crippen LogP contribution < -0.4 is 5.32 Å². The molecule has 7 heteroatoms. The van der Waals surface area contributed by atoms with Crippen molar-refractivity contribution in [1.29, 1.82) is 0 Å². The van der Waals surface area contributed by atoms with Gasteiger partial charge in [-0.3, -0.25) is 14.2 Å². The van der Waals surface area contributed by atoms with E-state index in [1.54, 1.807) is 24.1 Å². The van der Waals surface area contributed by atoms with Crippen LogP contribution in [0.2, 0.25) is 0 Å². The maximum absolute atomic E-state index is 12.0. The van der Waals surface area contributed by atoms with Crippen molar-refractivity contribution < 1.29 is 4.79 Å². The van der Waals surface area contributed by atoms with E-state index < -0.39 is 0 Å². The molecule has 0 aromatic carbocycles. The van der Waals surface area contributed by atoms with Crippen LogP contribution in [-0.4, -0.2) is 25.5 Å². The lowest BCUT2D eigenvalue weighted by Crippen LogP contribution is -2.24. The molecular weight excluding hydrogens is 310 g/mol. The number of nitrogens with one attached hydrogen (secondary N) is 1. The van der Waals surface area contributed by atoms with Crippen LogP contribution in [0.1, 0.15) is 28.7 Å². The Morgan fingerprint density at radius 2 is 2.26 bits per heavy atom. The molecule has 0 radical (unpaired) electrons. The first-order valence-electron chi connectivity index (χ1n) is 6.01. The Labute approximate surface area is 119 Å². The average molecular weight is 326 g/mol. The Morgan fingerprint density at radius 1 is 1.53 bits per heavy atom. The van der Waals surface area contributed by atoms with Crippen molar-refractivity contribution in [2.24, 2.45) is 7.05 Å². The Kier molecular flexibility index (Phi) is 4.04. The zero-order chi connectivity index (χ0) is 14.0. The zero-order valence-corrected chi connectivity index (χ0v) is 12.7. The van der Waals surface area contributed by atoms with Crippen molar-refractivity contribution in [2.45, 2.75) is 26.9 Å². The van der Waals surface area contributed by atoms with E-state index in [1.165, 1.54) is 0 Å².